The van der Waals surface area contributed by atoms with Crippen LogP contribution in [0.5, 0.6) is 17.2 Å². The molecule has 5 aromatic rings. The van der Waals surface area contributed by atoms with Crippen molar-refractivity contribution in [1.82, 2.24) is 15.0 Å². The Balaban J connectivity index is 1.29. The summed E-state index contributed by atoms with van der Waals surface area (Å²) >= 11 is 0. The third-order valence-corrected chi connectivity index (χ3v) is 6.87. The summed E-state index contributed by atoms with van der Waals surface area (Å²) in [5.74, 6) is -2.51. The van der Waals surface area contributed by atoms with Crippen LogP contribution >= 0.6 is 0 Å². The van der Waals surface area contributed by atoms with Gasteiger partial charge in [0.25, 0.3) is 0 Å². The van der Waals surface area contributed by atoms with Crippen LogP contribution in [0.4, 0.5) is 13.2 Å². The molecule has 1 atom stereocenters. The summed E-state index contributed by atoms with van der Waals surface area (Å²) < 4.78 is 61.0. The number of halogens is 3. The molecule has 1 aliphatic heterocycles. The number of carbonyl (C=O) groups is 1. The molecule has 0 amide bonds. The summed E-state index contributed by atoms with van der Waals surface area (Å²) in [5.41, 5.74) is 2.64. The number of esters is 1. The Morgan fingerprint density at radius 2 is 1.98 bits per heavy atom. The number of aromatic amines is 2. The first-order chi connectivity index (χ1) is 19.4. The van der Waals surface area contributed by atoms with Gasteiger partial charge in [-0.05, 0) is 37.6 Å². The number of aromatic nitrogens is 3. The Hall–Kier alpha value is -4.73. The van der Waals surface area contributed by atoms with Crippen molar-refractivity contribution in [2.45, 2.75) is 25.7 Å². The van der Waals surface area contributed by atoms with E-state index in [9.17, 15) is 18.0 Å². The van der Waals surface area contributed by atoms with E-state index >= 15 is 0 Å². The first-order valence-corrected chi connectivity index (χ1v) is 12.8. The van der Waals surface area contributed by atoms with Crippen LogP contribution in [0.2, 0.25) is 0 Å². The monoisotopic (exact) mass is 547 g/mol. The van der Waals surface area contributed by atoms with Crippen LogP contribution in [-0.4, -0.2) is 34.1 Å². The summed E-state index contributed by atoms with van der Waals surface area (Å²) in [5, 5.41) is 0.177. The van der Waals surface area contributed by atoms with E-state index in [2.05, 4.69) is 15.0 Å². The number of H-pyrrole nitrogens is 2. The SMILES string of the molecule is CCOC(=O)Cc1cccc2c1OCC[C@H]2c1c[nH]c(-c2cc(Oc3c(F)cc4[nH]ccc4c3F)ccc2F)n1. The number of carbonyl (C=O) groups excluding carboxylic acids is 1. The van der Waals surface area contributed by atoms with Gasteiger partial charge in [-0.3, -0.25) is 4.79 Å². The maximum atomic E-state index is 14.9. The lowest BCUT2D eigenvalue weighted by atomic mass is 9.88. The van der Waals surface area contributed by atoms with Crippen molar-refractivity contribution in [3.63, 3.8) is 0 Å². The van der Waals surface area contributed by atoms with Gasteiger partial charge in [-0.1, -0.05) is 18.2 Å². The minimum absolute atomic E-state index is 0.0436. The zero-order valence-electron chi connectivity index (χ0n) is 21.4. The van der Waals surface area contributed by atoms with E-state index < -0.39 is 23.2 Å². The van der Waals surface area contributed by atoms with Gasteiger partial charge in [0.1, 0.15) is 23.1 Å². The van der Waals surface area contributed by atoms with Crippen molar-refractivity contribution in [3.8, 4) is 28.6 Å². The normalized spacial score (nSPS) is 14.6. The topological polar surface area (TPSA) is 89.2 Å². The molecule has 0 radical (unpaired) electrons. The fourth-order valence-electron chi connectivity index (χ4n) is 5.03. The first kappa shape index (κ1) is 25.5. The molecule has 0 aliphatic carbocycles. The molecule has 0 fully saturated rings. The summed E-state index contributed by atoms with van der Waals surface area (Å²) in [4.78, 5) is 22.5. The second-order valence-electron chi connectivity index (χ2n) is 9.37. The zero-order chi connectivity index (χ0) is 27.8. The Bertz CT molecular complexity index is 1730. The van der Waals surface area contributed by atoms with Gasteiger partial charge in [-0.15, -0.1) is 0 Å². The van der Waals surface area contributed by atoms with Crippen LogP contribution in [-0.2, 0) is 16.0 Å². The maximum Gasteiger partial charge on any atom is 0.310 e. The minimum atomic E-state index is -0.890. The van der Waals surface area contributed by atoms with E-state index in [-0.39, 0.29) is 40.8 Å². The van der Waals surface area contributed by atoms with Gasteiger partial charge in [-0.2, -0.15) is 0 Å². The molecule has 0 saturated carbocycles. The van der Waals surface area contributed by atoms with Gasteiger partial charge in [-0.25, -0.2) is 18.2 Å². The highest BCUT2D eigenvalue weighted by Gasteiger charge is 2.28. The van der Waals surface area contributed by atoms with E-state index in [1.54, 1.807) is 13.1 Å². The fraction of sp³-hybridized carbons (Fsp3) is 0.200. The van der Waals surface area contributed by atoms with Crippen molar-refractivity contribution in [2.75, 3.05) is 13.2 Å². The molecule has 6 rings (SSSR count). The van der Waals surface area contributed by atoms with Crippen molar-refractivity contribution in [1.29, 1.82) is 0 Å². The van der Waals surface area contributed by atoms with Crippen LogP contribution < -0.4 is 9.47 Å². The molecular formula is C30H24F3N3O4. The van der Waals surface area contributed by atoms with Crippen molar-refractivity contribution >= 4 is 16.9 Å². The molecule has 7 nitrogen and oxygen atoms in total. The van der Waals surface area contributed by atoms with E-state index in [0.29, 0.717) is 36.6 Å². The number of nitrogens with one attached hydrogen (secondary N) is 2. The molecule has 0 spiro atoms. The number of ether oxygens (including phenoxy) is 3. The summed E-state index contributed by atoms with van der Waals surface area (Å²) in [6.07, 6.45) is 3.91. The lowest BCUT2D eigenvalue weighted by molar-refractivity contribution is -0.142. The average molecular weight is 548 g/mol. The standard InChI is InChI=1S/C30H24F3N3O4/c1-2-38-26(37)12-16-4-3-5-19-18(9-11-39-28(16)19)25-15-35-30(36-25)21-13-17(6-7-22(21)31)40-29-23(32)14-24-20(27(29)33)8-10-34-24/h3-8,10,13-15,18,34H,2,9,11-12H2,1H3,(H,35,36)/t18-/m1/s1. The summed E-state index contributed by atoms with van der Waals surface area (Å²) in [6.45, 7) is 2.46. The predicted octanol–water partition coefficient (Wildman–Crippen LogP) is 6.79. The second-order valence-corrected chi connectivity index (χ2v) is 9.37. The van der Waals surface area contributed by atoms with Gasteiger partial charge >= 0.3 is 5.97 Å². The number of hydrogen-bond donors (Lipinski definition) is 2. The summed E-state index contributed by atoms with van der Waals surface area (Å²) in [6, 6.07) is 12.0. The Labute approximate surface area is 226 Å². The van der Waals surface area contributed by atoms with Crippen LogP contribution in [0, 0.1) is 17.5 Å². The average Bonchev–Trinajstić information content (AvgIpc) is 3.62. The van der Waals surface area contributed by atoms with Gasteiger partial charge in [0, 0.05) is 40.9 Å². The number of para-hydroxylation sites is 1. The van der Waals surface area contributed by atoms with E-state index in [4.69, 9.17) is 14.2 Å². The largest absolute Gasteiger partial charge is 0.493 e. The molecule has 2 aromatic heterocycles. The third-order valence-electron chi connectivity index (χ3n) is 6.87. The Morgan fingerprint density at radius 3 is 2.83 bits per heavy atom. The highest BCUT2D eigenvalue weighted by atomic mass is 19.1. The predicted molar refractivity (Wildman–Crippen MR) is 141 cm³/mol. The molecular weight excluding hydrogens is 523 g/mol. The number of hydrogen-bond acceptors (Lipinski definition) is 5. The number of benzene rings is 3. The van der Waals surface area contributed by atoms with Crippen molar-refractivity contribution in [2.24, 2.45) is 0 Å². The quantitative estimate of drug-likeness (QED) is 0.219. The molecule has 0 saturated heterocycles. The molecule has 10 heteroatoms. The van der Waals surface area contributed by atoms with Crippen LogP contribution in [0.1, 0.15) is 36.1 Å². The number of nitrogens with zero attached hydrogens (tertiary/aromatic N) is 1. The van der Waals surface area contributed by atoms with Gasteiger partial charge in [0.15, 0.2) is 17.4 Å². The van der Waals surface area contributed by atoms with Crippen LogP contribution in [0.15, 0.2) is 60.9 Å². The molecule has 3 aromatic carbocycles. The molecule has 2 N–H and O–H groups in total. The third kappa shape index (κ3) is 4.66. The highest BCUT2D eigenvalue weighted by Crippen LogP contribution is 2.41. The van der Waals surface area contributed by atoms with E-state index in [1.165, 1.54) is 24.4 Å². The number of imidazole rings is 1. The van der Waals surface area contributed by atoms with Crippen LogP contribution in [0.25, 0.3) is 22.3 Å². The molecule has 0 unspecified atom stereocenters. The van der Waals surface area contributed by atoms with Crippen molar-refractivity contribution < 1.29 is 32.2 Å². The first-order valence-electron chi connectivity index (χ1n) is 12.8. The van der Waals surface area contributed by atoms with Gasteiger partial charge < -0.3 is 24.2 Å². The number of rotatable bonds is 7. The van der Waals surface area contributed by atoms with Gasteiger partial charge in [0.2, 0.25) is 0 Å². The van der Waals surface area contributed by atoms with Crippen molar-refractivity contribution in [3.05, 3.63) is 95.2 Å². The summed E-state index contributed by atoms with van der Waals surface area (Å²) in [7, 11) is 0. The lowest BCUT2D eigenvalue weighted by Crippen LogP contribution is -2.18. The minimum Gasteiger partial charge on any atom is -0.493 e. The molecule has 40 heavy (non-hydrogen) atoms. The highest BCUT2D eigenvalue weighted by molar-refractivity contribution is 5.82. The van der Waals surface area contributed by atoms with Crippen LogP contribution in [0.3, 0.4) is 0 Å². The maximum absolute atomic E-state index is 14.9. The fourth-order valence-corrected chi connectivity index (χ4v) is 5.03. The zero-order valence-corrected chi connectivity index (χ0v) is 21.4. The lowest BCUT2D eigenvalue weighted by Gasteiger charge is -2.26. The molecule has 1 aliphatic rings. The Kier molecular flexibility index (Phi) is 6.67. The Morgan fingerprint density at radius 1 is 1.10 bits per heavy atom. The van der Waals surface area contributed by atoms with Gasteiger partial charge in [0.05, 0.1) is 36.4 Å². The molecule has 3 heterocycles. The molecule has 204 valence electrons. The second kappa shape index (κ2) is 10.4. The van der Waals surface area contributed by atoms with E-state index in [0.717, 1.165) is 23.3 Å². The van der Waals surface area contributed by atoms with E-state index in [1.807, 2.05) is 18.2 Å². The smallest absolute Gasteiger partial charge is 0.310 e. The molecule has 0 bridgehead atoms. The number of fused-ring (bicyclic) bond motifs is 2.